The summed E-state index contributed by atoms with van der Waals surface area (Å²) in [6, 6.07) is 11.3. The van der Waals surface area contributed by atoms with Gasteiger partial charge in [0.2, 0.25) is 5.91 Å². The van der Waals surface area contributed by atoms with E-state index < -0.39 is 5.91 Å². The molecule has 7 heteroatoms. The molecule has 0 radical (unpaired) electrons. The van der Waals surface area contributed by atoms with E-state index in [4.69, 9.17) is 17.3 Å². The van der Waals surface area contributed by atoms with Crippen LogP contribution in [-0.2, 0) is 4.79 Å². The Kier molecular flexibility index (Phi) is 6.42. The maximum absolute atomic E-state index is 13.8. The number of halogens is 2. The first-order valence-corrected chi connectivity index (χ1v) is 11.2. The van der Waals surface area contributed by atoms with Crippen LogP contribution in [0, 0.1) is 17.7 Å². The van der Waals surface area contributed by atoms with Gasteiger partial charge in [-0.05, 0) is 85.5 Å². The van der Waals surface area contributed by atoms with Crippen molar-refractivity contribution in [2.45, 2.75) is 38.5 Å². The van der Waals surface area contributed by atoms with Crippen LogP contribution in [0.2, 0.25) is 5.02 Å². The van der Waals surface area contributed by atoms with Crippen LogP contribution < -0.4 is 11.1 Å². The number of hydrogen-bond donors (Lipinski definition) is 2. The summed E-state index contributed by atoms with van der Waals surface area (Å²) < 4.78 is 13.8. The lowest BCUT2D eigenvalue weighted by atomic mass is 9.73. The minimum atomic E-state index is -0.642. The number of carbonyl (C=O) groups excluding carboxylic acids is 2. The maximum Gasteiger partial charge on any atom is 0.250 e. The van der Waals surface area contributed by atoms with Crippen LogP contribution in [0.25, 0.3) is 10.9 Å². The van der Waals surface area contributed by atoms with Crippen molar-refractivity contribution in [2.24, 2.45) is 17.6 Å². The number of carbonyl (C=O) groups is 2. The molecule has 2 amide bonds. The second kappa shape index (κ2) is 9.25. The molecule has 0 saturated heterocycles. The van der Waals surface area contributed by atoms with E-state index in [1.54, 1.807) is 30.5 Å². The van der Waals surface area contributed by atoms with Crippen LogP contribution in [0.4, 0.5) is 10.1 Å². The zero-order valence-electron chi connectivity index (χ0n) is 17.8. The molecule has 1 saturated carbocycles. The SMILES string of the molecule is CC(C(=O)Nc1ccc(Cl)cc1C(N)=O)C1CCC(c2ccnc3ccc(F)cc23)CC1. The molecule has 3 aromatic rings. The lowest BCUT2D eigenvalue weighted by Crippen LogP contribution is -2.30. The molecule has 32 heavy (non-hydrogen) atoms. The van der Waals surface area contributed by atoms with E-state index in [9.17, 15) is 14.0 Å². The number of hydrogen-bond acceptors (Lipinski definition) is 3. The van der Waals surface area contributed by atoms with Crippen LogP contribution in [0.1, 0.15) is 54.4 Å². The summed E-state index contributed by atoms with van der Waals surface area (Å²) in [6.45, 7) is 1.91. The molecule has 1 atom stereocenters. The monoisotopic (exact) mass is 453 g/mol. The van der Waals surface area contributed by atoms with Gasteiger partial charge in [-0.15, -0.1) is 0 Å². The van der Waals surface area contributed by atoms with Crippen molar-refractivity contribution in [3.05, 3.63) is 70.6 Å². The molecule has 4 rings (SSSR count). The van der Waals surface area contributed by atoms with Gasteiger partial charge in [0.15, 0.2) is 0 Å². The highest BCUT2D eigenvalue weighted by Gasteiger charge is 2.30. The van der Waals surface area contributed by atoms with Gasteiger partial charge < -0.3 is 11.1 Å². The number of benzene rings is 2. The number of anilines is 1. The number of nitrogens with two attached hydrogens (primary N) is 1. The molecule has 2 aromatic carbocycles. The van der Waals surface area contributed by atoms with Gasteiger partial charge in [0.05, 0.1) is 16.8 Å². The number of rotatable bonds is 5. The van der Waals surface area contributed by atoms with Gasteiger partial charge in [0.25, 0.3) is 5.91 Å². The molecule has 1 fully saturated rings. The number of nitrogens with one attached hydrogen (secondary N) is 1. The smallest absolute Gasteiger partial charge is 0.250 e. The minimum Gasteiger partial charge on any atom is -0.366 e. The topological polar surface area (TPSA) is 85.1 Å². The second-order valence-electron chi connectivity index (χ2n) is 8.51. The first kappa shape index (κ1) is 22.2. The fourth-order valence-corrected chi connectivity index (χ4v) is 4.89. The zero-order chi connectivity index (χ0) is 22.8. The molecule has 5 nitrogen and oxygen atoms in total. The summed E-state index contributed by atoms with van der Waals surface area (Å²) in [5, 5.41) is 4.09. The quantitative estimate of drug-likeness (QED) is 0.521. The van der Waals surface area contributed by atoms with Gasteiger partial charge in [-0.1, -0.05) is 18.5 Å². The lowest BCUT2D eigenvalue weighted by molar-refractivity contribution is -0.121. The molecular weight excluding hydrogens is 429 g/mol. The molecule has 166 valence electrons. The van der Waals surface area contributed by atoms with Crippen LogP contribution >= 0.6 is 11.6 Å². The third-order valence-corrected chi connectivity index (χ3v) is 6.81. The standard InChI is InChI=1S/C25H25ClFN3O2/c1-14(25(32)30-23-8-6-17(26)12-21(23)24(28)31)15-2-4-16(5-3-15)19-10-11-29-22-9-7-18(27)13-20(19)22/h6-16H,2-5H2,1H3,(H2,28,31)(H,30,32). The van der Waals surface area contributed by atoms with E-state index in [0.717, 1.165) is 42.1 Å². The van der Waals surface area contributed by atoms with Crippen molar-refractivity contribution in [3.63, 3.8) is 0 Å². The Bertz CT molecular complexity index is 1180. The van der Waals surface area contributed by atoms with Crippen LogP contribution in [-0.4, -0.2) is 16.8 Å². The van der Waals surface area contributed by atoms with Crippen molar-refractivity contribution in [3.8, 4) is 0 Å². The molecule has 0 bridgehead atoms. The molecule has 1 unspecified atom stereocenters. The summed E-state index contributed by atoms with van der Waals surface area (Å²) in [4.78, 5) is 28.9. The Morgan fingerprint density at radius 1 is 1.12 bits per heavy atom. The third kappa shape index (κ3) is 4.60. The molecule has 0 aliphatic heterocycles. The number of nitrogens with zero attached hydrogens (tertiary/aromatic N) is 1. The Balaban J connectivity index is 1.43. The van der Waals surface area contributed by atoms with Crippen molar-refractivity contribution in [1.82, 2.24) is 4.98 Å². The average molecular weight is 454 g/mol. The largest absolute Gasteiger partial charge is 0.366 e. The van der Waals surface area contributed by atoms with E-state index in [2.05, 4.69) is 10.3 Å². The number of aromatic nitrogens is 1. The number of amides is 2. The van der Waals surface area contributed by atoms with Crippen molar-refractivity contribution < 1.29 is 14.0 Å². The van der Waals surface area contributed by atoms with Crippen molar-refractivity contribution >= 4 is 40.0 Å². The highest BCUT2D eigenvalue weighted by Crippen LogP contribution is 2.41. The Morgan fingerprint density at radius 3 is 2.59 bits per heavy atom. The third-order valence-electron chi connectivity index (χ3n) is 6.57. The highest BCUT2D eigenvalue weighted by molar-refractivity contribution is 6.31. The predicted octanol–water partition coefficient (Wildman–Crippen LogP) is 5.67. The number of fused-ring (bicyclic) bond motifs is 1. The number of pyridine rings is 1. The summed E-state index contributed by atoms with van der Waals surface area (Å²) in [7, 11) is 0. The molecule has 1 aromatic heterocycles. The summed E-state index contributed by atoms with van der Waals surface area (Å²) >= 11 is 5.95. The Hall–Kier alpha value is -2.99. The molecule has 0 spiro atoms. The van der Waals surface area contributed by atoms with E-state index in [1.165, 1.54) is 12.1 Å². The van der Waals surface area contributed by atoms with E-state index >= 15 is 0 Å². The van der Waals surface area contributed by atoms with Crippen LogP contribution in [0.5, 0.6) is 0 Å². The summed E-state index contributed by atoms with van der Waals surface area (Å²) in [5.74, 6) is -0.735. The summed E-state index contributed by atoms with van der Waals surface area (Å²) in [6.07, 6.45) is 5.40. The van der Waals surface area contributed by atoms with Gasteiger partial charge >= 0.3 is 0 Å². The van der Waals surface area contributed by atoms with Gasteiger partial charge in [0.1, 0.15) is 5.82 Å². The Morgan fingerprint density at radius 2 is 1.88 bits per heavy atom. The van der Waals surface area contributed by atoms with Crippen molar-refractivity contribution in [2.75, 3.05) is 5.32 Å². The van der Waals surface area contributed by atoms with Gasteiger partial charge in [-0.25, -0.2) is 4.39 Å². The van der Waals surface area contributed by atoms with Gasteiger partial charge in [-0.2, -0.15) is 0 Å². The average Bonchev–Trinajstić information content (AvgIpc) is 2.79. The second-order valence-corrected chi connectivity index (χ2v) is 8.94. The van der Waals surface area contributed by atoms with Gasteiger partial charge in [-0.3, -0.25) is 14.6 Å². The first-order chi connectivity index (χ1) is 15.3. The normalized spacial score (nSPS) is 19.5. The fourth-order valence-electron chi connectivity index (χ4n) is 4.72. The first-order valence-electron chi connectivity index (χ1n) is 10.8. The van der Waals surface area contributed by atoms with Gasteiger partial charge in [0, 0.05) is 22.5 Å². The predicted molar refractivity (Wildman–Crippen MR) is 124 cm³/mol. The lowest BCUT2D eigenvalue weighted by Gasteiger charge is -2.32. The Labute approximate surface area is 191 Å². The molecule has 1 heterocycles. The van der Waals surface area contributed by atoms with E-state index in [0.29, 0.717) is 16.6 Å². The van der Waals surface area contributed by atoms with E-state index in [1.807, 2.05) is 13.0 Å². The zero-order valence-corrected chi connectivity index (χ0v) is 18.5. The fraction of sp³-hybridized carbons (Fsp3) is 0.320. The maximum atomic E-state index is 13.8. The van der Waals surface area contributed by atoms with E-state index in [-0.39, 0.29) is 29.1 Å². The van der Waals surface area contributed by atoms with Crippen LogP contribution in [0.3, 0.4) is 0 Å². The molecule has 3 N–H and O–H groups in total. The summed E-state index contributed by atoms with van der Waals surface area (Å²) in [5.41, 5.74) is 7.91. The van der Waals surface area contributed by atoms with Crippen LogP contribution in [0.15, 0.2) is 48.7 Å². The molecular formula is C25H25ClFN3O2. The molecule has 1 aliphatic carbocycles. The minimum absolute atomic E-state index is 0.144. The number of primary amides is 1. The van der Waals surface area contributed by atoms with Crippen molar-refractivity contribution in [1.29, 1.82) is 0 Å². The highest BCUT2D eigenvalue weighted by atomic mass is 35.5. The molecule has 1 aliphatic rings.